The molecule has 38 heavy (non-hydrogen) atoms. The molecular formula is C32H28F6. The molecule has 4 aromatic rings. The first kappa shape index (κ1) is 27.5. The maximum Gasteiger partial charge on any atom is 0.422 e. The average molecular weight is 527 g/mol. The number of hydrogen-bond donors (Lipinski definition) is 0. The standard InChI is InChI=1S/C32H28F6/c1-2-3-4-5-21-6-8-22(9-7-21)10-11-23-13-17-27-26(18-23)16-15-25(31(27)35)14-12-24-19-28(33)30(29(34)20-24)32(36,37)38/h2-3,6-9,13,15-20H,4-5,10-12,14H2,1H3/b3-2+. The lowest BCUT2D eigenvalue weighted by Crippen LogP contribution is -2.12. The van der Waals surface area contributed by atoms with Crippen LogP contribution in [0, 0.1) is 17.5 Å². The van der Waals surface area contributed by atoms with Crippen LogP contribution >= 0.6 is 0 Å². The van der Waals surface area contributed by atoms with Crippen LogP contribution in [0.15, 0.2) is 78.9 Å². The second kappa shape index (κ2) is 11.9. The summed E-state index contributed by atoms with van der Waals surface area (Å²) in [6.45, 7) is 2.02. The monoisotopic (exact) mass is 526 g/mol. The zero-order valence-electron chi connectivity index (χ0n) is 21.0. The van der Waals surface area contributed by atoms with Crippen molar-refractivity contribution in [3.63, 3.8) is 0 Å². The van der Waals surface area contributed by atoms with E-state index in [0.29, 0.717) is 23.1 Å². The van der Waals surface area contributed by atoms with Crippen molar-refractivity contribution in [1.82, 2.24) is 0 Å². The van der Waals surface area contributed by atoms with E-state index in [0.717, 1.165) is 36.6 Å². The van der Waals surface area contributed by atoms with Gasteiger partial charge in [0.05, 0.1) is 0 Å². The van der Waals surface area contributed by atoms with Crippen molar-refractivity contribution in [3.8, 4) is 0 Å². The quantitative estimate of drug-likeness (QED) is 0.151. The SMILES string of the molecule is C/C=C/CCc1ccc(CCc2ccc3c(F)c(CCc4cc(F)c(C(F)(F)F)c(F)c4)ccc3c2)cc1. The average Bonchev–Trinajstić information content (AvgIpc) is 2.87. The molecule has 0 saturated carbocycles. The number of hydrogen-bond acceptors (Lipinski definition) is 0. The molecule has 0 aliphatic rings. The van der Waals surface area contributed by atoms with Crippen molar-refractivity contribution in [2.45, 2.75) is 51.6 Å². The zero-order valence-corrected chi connectivity index (χ0v) is 21.0. The fraction of sp³-hybridized carbons (Fsp3) is 0.250. The molecule has 4 aromatic carbocycles. The van der Waals surface area contributed by atoms with Gasteiger partial charge in [-0.25, -0.2) is 13.2 Å². The van der Waals surface area contributed by atoms with E-state index in [4.69, 9.17) is 0 Å². The van der Waals surface area contributed by atoms with Crippen molar-refractivity contribution in [2.24, 2.45) is 0 Å². The second-order valence-corrected chi connectivity index (χ2v) is 9.45. The molecule has 0 amide bonds. The maximum absolute atomic E-state index is 15.2. The van der Waals surface area contributed by atoms with Gasteiger partial charge in [-0.05, 0) is 90.8 Å². The van der Waals surface area contributed by atoms with Crippen LogP contribution in [0.4, 0.5) is 26.3 Å². The van der Waals surface area contributed by atoms with E-state index >= 15 is 4.39 Å². The van der Waals surface area contributed by atoms with E-state index in [2.05, 4.69) is 36.4 Å². The van der Waals surface area contributed by atoms with Gasteiger partial charge in [-0.3, -0.25) is 0 Å². The Morgan fingerprint density at radius 3 is 1.84 bits per heavy atom. The highest BCUT2D eigenvalue weighted by Crippen LogP contribution is 2.34. The predicted molar refractivity (Wildman–Crippen MR) is 140 cm³/mol. The molecular weight excluding hydrogens is 498 g/mol. The van der Waals surface area contributed by atoms with Crippen LogP contribution in [0.1, 0.15) is 46.7 Å². The smallest absolute Gasteiger partial charge is 0.206 e. The Morgan fingerprint density at radius 1 is 0.632 bits per heavy atom. The molecule has 6 heteroatoms. The molecule has 0 aromatic heterocycles. The fourth-order valence-corrected chi connectivity index (χ4v) is 4.63. The third kappa shape index (κ3) is 6.66. The summed E-state index contributed by atoms with van der Waals surface area (Å²) in [7, 11) is 0. The van der Waals surface area contributed by atoms with Crippen molar-refractivity contribution >= 4 is 10.8 Å². The molecule has 4 rings (SSSR count). The van der Waals surface area contributed by atoms with Crippen LogP contribution < -0.4 is 0 Å². The summed E-state index contributed by atoms with van der Waals surface area (Å²) >= 11 is 0. The van der Waals surface area contributed by atoms with Crippen LogP contribution in [-0.2, 0) is 38.3 Å². The van der Waals surface area contributed by atoms with E-state index in [1.807, 2.05) is 19.1 Å². The topological polar surface area (TPSA) is 0 Å². The highest BCUT2D eigenvalue weighted by atomic mass is 19.4. The number of benzene rings is 4. The molecule has 0 unspecified atom stereocenters. The molecule has 198 valence electrons. The molecule has 0 N–H and O–H groups in total. The van der Waals surface area contributed by atoms with Crippen LogP contribution in [0.3, 0.4) is 0 Å². The van der Waals surface area contributed by atoms with Gasteiger partial charge in [0.1, 0.15) is 23.0 Å². The summed E-state index contributed by atoms with van der Waals surface area (Å²) < 4.78 is 81.3. The summed E-state index contributed by atoms with van der Waals surface area (Å²) in [6.07, 6.45) is 2.90. The molecule has 0 atom stereocenters. The van der Waals surface area contributed by atoms with Gasteiger partial charge < -0.3 is 0 Å². The van der Waals surface area contributed by atoms with Gasteiger partial charge in [0.15, 0.2) is 0 Å². The van der Waals surface area contributed by atoms with Crippen molar-refractivity contribution in [3.05, 3.63) is 130 Å². The molecule has 0 spiro atoms. The Labute approximate surface area is 218 Å². The number of halogens is 6. The number of fused-ring (bicyclic) bond motifs is 1. The Kier molecular flexibility index (Phi) is 8.60. The minimum atomic E-state index is -5.12. The molecule has 0 fully saturated rings. The lowest BCUT2D eigenvalue weighted by Gasteiger charge is -2.12. The normalized spacial score (nSPS) is 12.1. The van der Waals surface area contributed by atoms with Crippen LogP contribution in [-0.4, -0.2) is 0 Å². The van der Waals surface area contributed by atoms with Gasteiger partial charge in [0.2, 0.25) is 0 Å². The van der Waals surface area contributed by atoms with E-state index in [1.54, 1.807) is 18.2 Å². The molecule has 0 radical (unpaired) electrons. The summed E-state index contributed by atoms with van der Waals surface area (Å²) in [5, 5.41) is 1.18. The number of aryl methyl sites for hydroxylation is 5. The lowest BCUT2D eigenvalue weighted by molar-refractivity contribution is -0.142. The minimum absolute atomic E-state index is 0.000577. The van der Waals surface area contributed by atoms with Gasteiger partial charge in [-0.15, -0.1) is 0 Å². The number of alkyl halides is 3. The Hall–Kier alpha value is -3.54. The molecule has 0 heterocycles. The number of allylic oxidation sites excluding steroid dienone is 2. The van der Waals surface area contributed by atoms with E-state index in [1.165, 1.54) is 11.1 Å². The second-order valence-electron chi connectivity index (χ2n) is 9.45. The summed E-state index contributed by atoms with van der Waals surface area (Å²) in [5.41, 5.74) is 2.08. The number of rotatable bonds is 9. The van der Waals surface area contributed by atoms with Crippen molar-refractivity contribution in [2.75, 3.05) is 0 Å². The Morgan fingerprint density at radius 2 is 1.21 bits per heavy atom. The fourth-order valence-electron chi connectivity index (χ4n) is 4.63. The third-order valence-corrected chi connectivity index (χ3v) is 6.73. The van der Waals surface area contributed by atoms with Gasteiger partial charge in [0.25, 0.3) is 0 Å². The first-order chi connectivity index (χ1) is 18.2. The van der Waals surface area contributed by atoms with Gasteiger partial charge in [-0.2, -0.15) is 13.2 Å². The van der Waals surface area contributed by atoms with Crippen molar-refractivity contribution in [1.29, 1.82) is 0 Å². The first-order valence-corrected chi connectivity index (χ1v) is 12.6. The van der Waals surface area contributed by atoms with E-state index < -0.39 is 29.2 Å². The van der Waals surface area contributed by atoms with E-state index in [9.17, 15) is 22.0 Å². The summed E-state index contributed by atoms with van der Waals surface area (Å²) in [4.78, 5) is 0. The first-order valence-electron chi connectivity index (χ1n) is 12.6. The minimum Gasteiger partial charge on any atom is -0.206 e. The summed E-state index contributed by atoms with van der Waals surface area (Å²) in [5.74, 6) is -3.77. The van der Waals surface area contributed by atoms with E-state index in [-0.39, 0.29) is 18.4 Å². The maximum atomic E-state index is 15.2. The van der Waals surface area contributed by atoms with Gasteiger partial charge in [0, 0.05) is 5.39 Å². The molecule has 0 nitrogen and oxygen atoms in total. The Bertz CT molecular complexity index is 1410. The summed E-state index contributed by atoms with van der Waals surface area (Å²) in [6, 6.07) is 18.9. The third-order valence-electron chi connectivity index (χ3n) is 6.73. The molecule has 0 bridgehead atoms. The highest BCUT2D eigenvalue weighted by Gasteiger charge is 2.37. The van der Waals surface area contributed by atoms with Crippen LogP contribution in [0.5, 0.6) is 0 Å². The Balaban J connectivity index is 1.41. The predicted octanol–water partition coefficient (Wildman–Crippen LogP) is 9.35. The highest BCUT2D eigenvalue weighted by molar-refractivity contribution is 5.84. The molecule has 0 aliphatic heterocycles. The molecule has 0 saturated heterocycles. The van der Waals surface area contributed by atoms with Crippen molar-refractivity contribution < 1.29 is 26.3 Å². The lowest BCUT2D eigenvalue weighted by atomic mass is 9.96. The van der Waals surface area contributed by atoms with Crippen LogP contribution in [0.2, 0.25) is 0 Å². The largest absolute Gasteiger partial charge is 0.422 e. The van der Waals surface area contributed by atoms with Crippen LogP contribution in [0.25, 0.3) is 10.8 Å². The van der Waals surface area contributed by atoms with Gasteiger partial charge >= 0.3 is 6.18 Å². The molecule has 0 aliphatic carbocycles. The zero-order chi connectivity index (χ0) is 27.3. The van der Waals surface area contributed by atoms with Gasteiger partial charge in [-0.1, -0.05) is 66.7 Å².